The SMILES string of the molecule is CC/C=C\C/C=C\C/C=C\C/C=C\C/C=C\C/C=C\CCCCCCC(=O)OCC(COC(=O)CCCCCCC)OC(=O)CCCCCCCCC/C=C\C/C=C\C/C=C\CC. The van der Waals surface area contributed by atoms with Crippen molar-refractivity contribution >= 4 is 17.9 Å². The van der Waals surface area contributed by atoms with Crippen molar-refractivity contribution in [3.05, 3.63) is 109 Å². The summed E-state index contributed by atoms with van der Waals surface area (Å²) in [5.41, 5.74) is 0. The van der Waals surface area contributed by atoms with Gasteiger partial charge in [-0.2, -0.15) is 0 Å². The molecule has 0 saturated carbocycles. The van der Waals surface area contributed by atoms with Gasteiger partial charge >= 0.3 is 17.9 Å². The van der Waals surface area contributed by atoms with E-state index >= 15 is 0 Å². The van der Waals surface area contributed by atoms with Crippen molar-refractivity contribution in [1.29, 1.82) is 0 Å². The highest BCUT2D eigenvalue weighted by Crippen LogP contribution is 2.13. The first kappa shape index (κ1) is 59.1. The van der Waals surface area contributed by atoms with Gasteiger partial charge in [0.05, 0.1) is 0 Å². The van der Waals surface area contributed by atoms with E-state index in [0.717, 1.165) is 148 Å². The summed E-state index contributed by atoms with van der Waals surface area (Å²) >= 11 is 0. The van der Waals surface area contributed by atoms with E-state index in [9.17, 15) is 14.4 Å². The van der Waals surface area contributed by atoms with E-state index in [1.165, 1.54) is 25.7 Å². The molecule has 0 radical (unpaired) electrons. The Labute approximate surface area is 387 Å². The van der Waals surface area contributed by atoms with E-state index < -0.39 is 6.10 Å². The van der Waals surface area contributed by atoms with Crippen molar-refractivity contribution in [2.24, 2.45) is 0 Å². The molecule has 0 amide bonds. The number of ether oxygens (including phenoxy) is 3. The minimum atomic E-state index is -0.792. The second-order valence-corrected chi connectivity index (χ2v) is 16.3. The van der Waals surface area contributed by atoms with Gasteiger partial charge in [-0.1, -0.05) is 201 Å². The lowest BCUT2D eigenvalue weighted by Gasteiger charge is -2.18. The average molecular weight is 873 g/mol. The predicted molar refractivity (Wildman–Crippen MR) is 270 cm³/mol. The van der Waals surface area contributed by atoms with Crippen LogP contribution in [0.15, 0.2) is 109 Å². The van der Waals surface area contributed by atoms with E-state index in [1.807, 2.05) is 0 Å². The van der Waals surface area contributed by atoms with Crippen LogP contribution in [0.2, 0.25) is 0 Å². The van der Waals surface area contributed by atoms with Gasteiger partial charge in [0.2, 0.25) is 0 Å². The van der Waals surface area contributed by atoms with Crippen LogP contribution in [0.25, 0.3) is 0 Å². The van der Waals surface area contributed by atoms with Crippen LogP contribution in [0.3, 0.4) is 0 Å². The molecule has 0 heterocycles. The topological polar surface area (TPSA) is 78.9 Å². The minimum absolute atomic E-state index is 0.0933. The normalized spacial score (nSPS) is 13.0. The fourth-order valence-corrected chi connectivity index (χ4v) is 6.52. The Kier molecular flexibility index (Phi) is 47.5. The van der Waals surface area contributed by atoms with E-state index in [4.69, 9.17) is 14.2 Å². The van der Waals surface area contributed by atoms with Gasteiger partial charge in [-0.3, -0.25) is 14.4 Å². The zero-order valence-corrected chi connectivity index (χ0v) is 40.5. The van der Waals surface area contributed by atoms with Crippen LogP contribution >= 0.6 is 0 Å². The minimum Gasteiger partial charge on any atom is -0.462 e. The second-order valence-electron chi connectivity index (χ2n) is 16.3. The second kappa shape index (κ2) is 50.7. The number of rotatable bonds is 44. The van der Waals surface area contributed by atoms with Crippen LogP contribution in [0.5, 0.6) is 0 Å². The van der Waals surface area contributed by atoms with Gasteiger partial charge in [0.15, 0.2) is 6.10 Å². The summed E-state index contributed by atoms with van der Waals surface area (Å²) in [7, 11) is 0. The van der Waals surface area contributed by atoms with Gasteiger partial charge in [0, 0.05) is 19.3 Å². The lowest BCUT2D eigenvalue weighted by Crippen LogP contribution is -2.30. The Hall–Kier alpha value is -3.93. The number of unbranched alkanes of at least 4 members (excludes halogenated alkanes) is 15. The molecule has 0 spiro atoms. The maximum Gasteiger partial charge on any atom is 0.306 e. The summed E-state index contributed by atoms with van der Waals surface area (Å²) in [5.74, 6) is -0.950. The Morgan fingerprint density at radius 3 is 0.968 bits per heavy atom. The Morgan fingerprint density at radius 2 is 0.619 bits per heavy atom. The molecule has 1 unspecified atom stereocenters. The molecule has 0 aliphatic rings. The quantitative estimate of drug-likeness (QED) is 0.0263. The average Bonchev–Trinajstić information content (AvgIpc) is 3.28. The lowest BCUT2D eigenvalue weighted by atomic mass is 10.1. The first-order valence-corrected chi connectivity index (χ1v) is 25.4. The molecule has 0 fully saturated rings. The van der Waals surface area contributed by atoms with Gasteiger partial charge in [0.25, 0.3) is 0 Å². The number of carbonyl (C=O) groups is 3. The van der Waals surface area contributed by atoms with E-state index in [1.54, 1.807) is 0 Å². The van der Waals surface area contributed by atoms with Crippen LogP contribution in [0.4, 0.5) is 0 Å². The standard InChI is InChI=1S/C57H92O6/c1-4-7-10-13-15-17-19-21-23-25-26-27-28-29-30-32-33-35-37-39-41-44-47-50-56(59)62-53-54(52-61-55(58)49-46-43-12-9-6-3)63-57(60)51-48-45-42-40-38-36-34-31-24-22-20-18-16-14-11-8-5-2/h7-8,10-11,15-18,21-24,26-27,29-30,33,35,54H,4-6,9,12-14,19-20,25,28,31-32,34,36-53H2,1-3H3/b10-7-,11-8-,17-15-,18-16-,23-21-,24-22-,27-26-,30-29-,35-33-. The molecule has 0 aliphatic heterocycles. The monoisotopic (exact) mass is 873 g/mol. The maximum atomic E-state index is 12.7. The third-order valence-corrected chi connectivity index (χ3v) is 10.3. The number of carbonyl (C=O) groups excluding carboxylic acids is 3. The van der Waals surface area contributed by atoms with Crippen molar-refractivity contribution in [1.82, 2.24) is 0 Å². The van der Waals surface area contributed by atoms with E-state index in [0.29, 0.717) is 19.3 Å². The maximum absolute atomic E-state index is 12.7. The molecule has 0 aromatic rings. The van der Waals surface area contributed by atoms with Crippen LogP contribution in [-0.4, -0.2) is 37.2 Å². The third kappa shape index (κ3) is 49.0. The third-order valence-electron chi connectivity index (χ3n) is 10.3. The van der Waals surface area contributed by atoms with Crippen molar-refractivity contribution in [3.63, 3.8) is 0 Å². The van der Waals surface area contributed by atoms with Crippen LogP contribution in [0.1, 0.15) is 213 Å². The Balaban J connectivity index is 4.25. The molecule has 6 nitrogen and oxygen atoms in total. The summed E-state index contributed by atoms with van der Waals surface area (Å²) in [6, 6.07) is 0. The molecule has 0 rings (SSSR count). The highest BCUT2D eigenvalue weighted by molar-refractivity contribution is 5.71. The van der Waals surface area contributed by atoms with Gasteiger partial charge < -0.3 is 14.2 Å². The summed E-state index contributed by atoms with van der Waals surface area (Å²) in [4.78, 5) is 37.7. The molecule has 63 heavy (non-hydrogen) atoms. The fourth-order valence-electron chi connectivity index (χ4n) is 6.52. The number of esters is 3. The molecule has 1 atom stereocenters. The lowest BCUT2D eigenvalue weighted by molar-refractivity contribution is -0.167. The molecule has 0 aromatic heterocycles. The van der Waals surface area contributed by atoms with Crippen molar-refractivity contribution in [3.8, 4) is 0 Å². The van der Waals surface area contributed by atoms with Crippen LogP contribution in [-0.2, 0) is 28.6 Å². The van der Waals surface area contributed by atoms with Gasteiger partial charge in [-0.15, -0.1) is 0 Å². The van der Waals surface area contributed by atoms with E-state index in [2.05, 4.69) is 130 Å². The zero-order valence-electron chi connectivity index (χ0n) is 40.5. The zero-order chi connectivity index (χ0) is 45.8. The highest BCUT2D eigenvalue weighted by Gasteiger charge is 2.19. The molecular formula is C57H92O6. The largest absolute Gasteiger partial charge is 0.462 e. The van der Waals surface area contributed by atoms with Crippen LogP contribution in [0, 0.1) is 0 Å². The van der Waals surface area contributed by atoms with Gasteiger partial charge in [-0.25, -0.2) is 0 Å². The summed E-state index contributed by atoms with van der Waals surface area (Å²) in [6.07, 6.45) is 68.2. The summed E-state index contributed by atoms with van der Waals surface area (Å²) in [6.45, 7) is 6.28. The molecule has 0 N–H and O–H groups in total. The van der Waals surface area contributed by atoms with Crippen molar-refractivity contribution in [2.45, 2.75) is 219 Å². The summed E-state index contributed by atoms with van der Waals surface area (Å²) < 4.78 is 16.6. The van der Waals surface area contributed by atoms with E-state index in [-0.39, 0.29) is 31.1 Å². The summed E-state index contributed by atoms with van der Waals surface area (Å²) in [5, 5.41) is 0. The highest BCUT2D eigenvalue weighted by atomic mass is 16.6. The Morgan fingerprint density at radius 1 is 0.333 bits per heavy atom. The van der Waals surface area contributed by atoms with Gasteiger partial charge in [-0.05, 0) is 103 Å². The van der Waals surface area contributed by atoms with Crippen LogP contribution < -0.4 is 0 Å². The molecule has 0 bridgehead atoms. The predicted octanol–water partition coefficient (Wildman–Crippen LogP) is 16.8. The molecule has 6 heteroatoms. The smallest absolute Gasteiger partial charge is 0.306 e. The van der Waals surface area contributed by atoms with Crippen molar-refractivity contribution in [2.75, 3.05) is 13.2 Å². The molecular weight excluding hydrogens is 781 g/mol. The first-order chi connectivity index (χ1) is 31.0. The number of allylic oxidation sites excluding steroid dienone is 18. The first-order valence-electron chi connectivity index (χ1n) is 25.4. The molecule has 0 saturated heterocycles. The number of hydrogen-bond donors (Lipinski definition) is 0. The Bertz CT molecular complexity index is 1330. The van der Waals surface area contributed by atoms with Crippen molar-refractivity contribution < 1.29 is 28.6 Å². The van der Waals surface area contributed by atoms with Gasteiger partial charge in [0.1, 0.15) is 13.2 Å². The molecule has 0 aromatic carbocycles. The fraction of sp³-hybridized carbons (Fsp3) is 0.632. The number of hydrogen-bond acceptors (Lipinski definition) is 6. The molecule has 0 aliphatic carbocycles. The molecule has 356 valence electrons.